The lowest BCUT2D eigenvalue weighted by atomic mass is 9.91. The van der Waals surface area contributed by atoms with Gasteiger partial charge in [0.2, 0.25) is 5.95 Å². The van der Waals surface area contributed by atoms with E-state index in [2.05, 4.69) is 40.8 Å². The van der Waals surface area contributed by atoms with Crippen LogP contribution in [0.2, 0.25) is 0 Å². The number of hydrogen-bond donors (Lipinski definition) is 3. The molecule has 1 saturated heterocycles. The Kier molecular flexibility index (Phi) is 6.92. The molecule has 0 saturated carbocycles. The maximum Gasteiger partial charge on any atom is 0.227 e. The zero-order valence-corrected chi connectivity index (χ0v) is 20.6. The third-order valence-corrected chi connectivity index (χ3v) is 6.91. The number of benzene rings is 2. The van der Waals surface area contributed by atoms with Gasteiger partial charge in [-0.25, -0.2) is 14.4 Å². The van der Waals surface area contributed by atoms with E-state index >= 15 is 4.39 Å². The number of aromatic nitrogens is 6. The van der Waals surface area contributed by atoms with Gasteiger partial charge in [-0.15, -0.1) is 10.2 Å². The molecule has 4 aromatic rings. The van der Waals surface area contributed by atoms with Crippen molar-refractivity contribution in [2.75, 3.05) is 23.3 Å². The van der Waals surface area contributed by atoms with Crippen molar-refractivity contribution >= 4 is 28.2 Å². The van der Waals surface area contributed by atoms with E-state index in [1.165, 1.54) is 6.07 Å². The molecule has 2 aromatic carbocycles. The van der Waals surface area contributed by atoms with Crippen LogP contribution in [0.5, 0.6) is 5.75 Å². The van der Waals surface area contributed by atoms with E-state index in [-0.39, 0.29) is 17.5 Å². The van der Waals surface area contributed by atoms with Crippen molar-refractivity contribution in [3.8, 4) is 5.75 Å². The number of nitrogens with one attached hydrogen (secondary N) is 2. The number of nitrogens with zero attached hydrogens (tertiary/aromatic N) is 6. The Morgan fingerprint density at radius 2 is 2.03 bits per heavy atom. The molecule has 0 spiro atoms. The minimum Gasteiger partial charge on any atom is -0.508 e. The molecule has 0 bridgehead atoms. The van der Waals surface area contributed by atoms with E-state index in [0.717, 1.165) is 62.0 Å². The van der Waals surface area contributed by atoms with Crippen molar-refractivity contribution in [2.45, 2.75) is 51.9 Å². The molecule has 2 aromatic heterocycles. The molecule has 0 unspecified atom stereocenters. The van der Waals surface area contributed by atoms with Crippen LogP contribution in [0.25, 0.3) is 10.9 Å². The molecular formula is C26H31FN8O. The standard InChI is InChI=1S/C26H31FN8O/c1-16(2)24-22(36)9-6-18-15-28-26(30-25(18)24)29-19-7-8-21(20(27)14-19)35-12-10-17(11-13-35)4-3-5-23-31-33-34-32-23/h6-9,14-17,36H,3-5,10-13H2,1-2H3,(H,28,29,30)(H,31,32,33,34). The summed E-state index contributed by atoms with van der Waals surface area (Å²) in [5.41, 5.74) is 2.67. The SMILES string of the molecule is CC(C)c1c(O)ccc2cnc(Nc3ccc(N4CCC(CCCc5nn[nH]n5)CC4)c(F)c3)nc12. The van der Waals surface area contributed by atoms with Crippen LogP contribution in [0.1, 0.15) is 56.8 Å². The fraction of sp³-hybridized carbons (Fsp3) is 0.423. The van der Waals surface area contributed by atoms with E-state index in [1.54, 1.807) is 18.3 Å². The molecule has 0 radical (unpaired) electrons. The van der Waals surface area contributed by atoms with E-state index < -0.39 is 0 Å². The summed E-state index contributed by atoms with van der Waals surface area (Å²) in [6.45, 7) is 5.70. The van der Waals surface area contributed by atoms with Crippen LogP contribution in [0.3, 0.4) is 0 Å². The van der Waals surface area contributed by atoms with Crippen molar-refractivity contribution in [1.82, 2.24) is 30.6 Å². The van der Waals surface area contributed by atoms with Gasteiger partial charge in [0.05, 0.1) is 11.2 Å². The average Bonchev–Trinajstić information content (AvgIpc) is 3.38. The molecule has 0 amide bonds. The number of piperidine rings is 1. The number of H-pyrrole nitrogens is 1. The van der Waals surface area contributed by atoms with Gasteiger partial charge in [0.15, 0.2) is 5.82 Å². The van der Waals surface area contributed by atoms with Crippen LogP contribution in [-0.4, -0.2) is 48.8 Å². The summed E-state index contributed by atoms with van der Waals surface area (Å²) in [5, 5.41) is 28.4. The molecule has 1 fully saturated rings. The van der Waals surface area contributed by atoms with Crippen LogP contribution in [0.15, 0.2) is 36.5 Å². The van der Waals surface area contributed by atoms with Crippen molar-refractivity contribution in [1.29, 1.82) is 0 Å². The Morgan fingerprint density at radius 3 is 2.75 bits per heavy atom. The second kappa shape index (κ2) is 10.4. The minimum atomic E-state index is -0.267. The van der Waals surface area contributed by atoms with Gasteiger partial charge in [-0.2, -0.15) is 5.21 Å². The van der Waals surface area contributed by atoms with E-state index in [1.807, 2.05) is 26.0 Å². The number of aromatic amines is 1. The number of anilines is 3. The normalized spacial score (nSPS) is 14.6. The van der Waals surface area contributed by atoms with Gasteiger partial charge in [-0.05, 0) is 67.9 Å². The molecule has 1 aliphatic rings. The summed E-state index contributed by atoms with van der Waals surface area (Å²) in [4.78, 5) is 11.1. The Bertz CT molecular complexity index is 1320. The topological polar surface area (TPSA) is 116 Å². The van der Waals surface area contributed by atoms with Gasteiger partial charge in [-0.1, -0.05) is 19.1 Å². The fourth-order valence-corrected chi connectivity index (χ4v) is 5.01. The van der Waals surface area contributed by atoms with Crippen LogP contribution >= 0.6 is 0 Å². The maximum atomic E-state index is 15.1. The van der Waals surface area contributed by atoms with Gasteiger partial charge in [-0.3, -0.25) is 0 Å². The Labute approximate surface area is 209 Å². The molecule has 9 nitrogen and oxygen atoms in total. The highest BCUT2D eigenvalue weighted by Crippen LogP contribution is 2.33. The van der Waals surface area contributed by atoms with Gasteiger partial charge in [0, 0.05) is 42.3 Å². The quantitative estimate of drug-likeness (QED) is 0.313. The summed E-state index contributed by atoms with van der Waals surface area (Å²) >= 11 is 0. The third kappa shape index (κ3) is 5.22. The van der Waals surface area contributed by atoms with Gasteiger partial charge >= 0.3 is 0 Å². The summed E-state index contributed by atoms with van der Waals surface area (Å²) in [7, 11) is 0. The number of hydrogen-bond acceptors (Lipinski definition) is 8. The van der Waals surface area contributed by atoms with E-state index in [4.69, 9.17) is 0 Å². The highest BCUT2D eigenvalue weighted by Gasteiger charge is 2.22. The molecule has 1 aliphatic heterocycles. The average molecular weight is 491 g/mol. The first-order valence-electron chi connectivity index (χ1n) is 12.5. The molecule has 36 heavy (non-hydrogen) atoms. The predicted octanol–water partition coefficient (Wildman–Crippen LogP) is 5.09. The zero-order valence-electron chi connectivity index (χ0n) is 20.6. The van der Waals surface area contributed by atoms with Crippen molar-refractivity contribution in [3.05, 3.63) is 53.7 Å². The second-order valence-electron chi connectivity index (χ2n) is 9.73. The smallest absolute Gasteiger partial charge is 0.227 e. The van der Waals surface area contributed by atoms with Crippen LogP contribution in [-0.2, 0) is 6.42 Å². The number of tetrazole rings is 1. The number of phenolic OH excluding ortho intramolecular Hbond substituents is 1. The van der Waals surface area contributed by atoms with Crippen LogP contribution in [0.4, 0.5) is 21.7 Å². The lowest BCUT2D eigenvalue weighted by Gasteiger charge is -2.34. The first kappa shape index (κ1) is 23.9. The predicted molar refractivity (Wildman–Crippen MR) is 137 cm³/mol. The Morgan fingerprint density at radius 1 is 1.19 bits per heavy atom. The summed E-state index contributed by atoms with van der Waals surface area (Å²) in [6, 6.07) is 8.63. The molecule has 5 rings (SSSR count). The lowest BCUT2D eigenvalue weighted by Crippen LogP contribution is -2.34. The van der Waals surface area contributed by atoms with Crippen LogP contribution < -0.4 is 10.2 Å². The molecule has 0 aliphatic carbocycles. The molecule has 0 atom stereocenters. The number of aryl methyl sites for hydroxylation is 1. The highest BCUT2D eigenvalue weighted by atomic mass is 19.1. The van der Waals surface area contributed by atoms with Gasteiger partial charge < -0.3 is 15.3 Å². The van der Waals surface area contributed by atoms with Crippen molar-refractivity contribution in [2.24, 2.45) is 5.92 Å². The third-order valence-electron chi connectivity index (χ3n) is 6.91. The molecule has 188 valence electrons. The Balaban J connectivity index is 1.21. The summed E-state index contributed by atoms with van der Waals surface area (Å²) in [5.74, 6) is 1.81. The number of rotatable bonds is 8. The monoisotopic (exact) mass is 490 g/mol. The first-order valence-corrected chi connectivity index (χ1v) is 12.5. The van der Waals surface area contributed by atoms with E-state index in [0.29, 0.717) is 28.8 Å². The number of halogens is 1. The lowest BCUT2D eigenvalue weighted by molar-refractivity contribution is 0.370. The molecule has 3 heterocycles. The van der Waals surface area contributed by atoms with Gasteiger partial charge in [0.1, 0.15) is 11.6 Å². The minimum absolute atomic E-state index is 0.0998. The summed E-state index contributed by atoms with van der Waals surface area (Å²) in [6.07, 6.45) is 6.79. The first-order chi connectivity index (χ1) is 17.5. The second-order valence-corrected chi connectivity index (χ2v) is 9.73. The summed E-state index contributed by atoms with van der Waals surface area (Å²) < 4.78 is 15.1. The maximum absolute atomic E-state index is 15.1. The Hall–Kier alpha value is -3.82. The fourth-order valence-electron chi connectivity index (χ4n) is 5.01. The molecule has 3 N–H and O–H groups in total. The number of aromatic hydroxyl groups is 1. The highest BCUT2D eigenvalue weighted by molar-refractivity contribution is 5.85. The van der Waals surface area contributed by atoms with Gasteiger partial charge in [0.25, 0.3) is 0 Å². The zero-order chi connectivity index (χ0) is 25.1. The van der Waals surface area contributed by atoms with Crippen molar-refractivity contribution in [3.63, 3.8) is 0 Å². The number of fused-ring (bicyclic) bond motifs is 1. The van der Waals surface area contributed by atoms with E-state index in [9.17, 15) is 5.11 Å². The largest absolute Gasteiger partial charge is 0.508 e. The number of phenols is 1. The van der Waals surface area contributed by atoms with Crippen LogP contribution in [0, 0.1) is 11.7 Å². The molecule has 10 heteroatoms. The van der Waals surface area contributed by atoms with Crippen molar-refractivity contribution < 1.29 is 9.50 Å². The molecular weight excluding hydrogens is 459 g/mol.